The molecule has 0 aliphatic carbocycles. The number of ether oxygens (including phenoxy) is 1. The van der Waals surface area contributed by atoms with E-state index in [4.69, 9.17) is 10.5 Å². The Bertz CT molecular complexity index is 350. The summed E-state index contributed by atoms with van der Waals surface area (Å²) in [6, 6.07) is 0.177. The third-order valence-electron chi connectivity index (χ3n) is 2.55. The molecule has 0 radical (unpaired) electrons. The molecular formula is C12H23N3OS. The zero-order valence-corrected chi connectivity index (χ0v) is 12.0. The standard InChI is InChI=1S/C12H23N3OS/c1-9(13)8-11-10(2)14-15(3)12(11)17-7-5-6-16-4/h9H,5-8,13H2,1-4H3. The molecule has 0 bridgehead atoms. The van der Waals surface area contributed by atoms with Crippen LogP contribution in [-0.2, 0) is 18.2 Å². The van der Waals surface area contributed by atoms with Gasteiger partial charge in [0.2, 0.25) is 0 Å². The van der Waals surface area contributed by atoms with Gasteiger partial charge in [0.1, 0.15) is 0 Å². The van der Waals surface area contributed by atoms with Crippen molar-refractivity contribution in [2.75, 3.05) is 19.5 Å². The molecule has 0 saturated carbocycles. The zero-order valence-electron chi connectivity index (χ0n) is 11.2. The lowest BCUT2D eigenvalue weighted by molar-refractivity contribution is 0.200. The number of nitrogens with zero attached hydrogens (tertiary/aromatic N) is 2. The van der Waals surface area contributed by atoms with Crippen LogP contribution in [0.4, 0.5) is 0 Å². The molecule has 0 spiro atoms. The van der Waals surface area contributed by atoms with Gasteiger partial charge in [-0.15, -0.1) is 11.8 Å². The lowest BCUT2D eigenvalue weighted by Gasteiger charge is -2.08. The third kappa shape index (κ3) is 4.33. The van der Waals surface area contributed by atoms with E-state index in [9.17, 15) is 0 Å². The minimum atomic E-state index is 0.177. The Labute approximate surface area is 108 Å². The van der Waals surface area contributed by atoms with Crippen LogP contribution in [0, 0.1) is 6.92 Å². The van der Waals surface area contributed by atoms with Crippen molar-refractivity contribution in [3.05, 3.63) is 11.3 Å². The van der Waals surface area contributed by atoms with Gasteiger partial charge in [0, 0.05) is 38.1 Å². The molecule has 0 aromatic carbocycles. The normalized spacial score (nSPS) is 13.0. The monoisotopic (exact) mass is 257 g/mol. The van der Waals surface area contributed by atoms with E-state index in [-0.39, 0.29) is 6.04 Å². The van der Waals surface area contributed by atoms with Crippen molar-refractivity contribution in [1.82, 2.24) is 9.78 Å². The van der Waals surface area contributed by atoms with Crippen molar-refractivity contribution in [3.8, 4) is 0 Å². The molecule has 0 fully saturated rings. The number of nitrogens with two attached hydrogens (primary N) is 1. The lowest BCUT2D eigenvalue weighted by Crippen LogP contribution is -2.18. The summed E-state index contributed by atoms with van der Waals surface area (Å²) in [6.45, 7) is 4.90. The highest BCUT2D eigenvalue weighted by Gasteiger charge is 2.14. The van der Waals surface area contributed by atoms with E-state index < -0.39 is 0 Å². The van der Waals surface area contributed by atoms with E-state index >= 15 is 0 Å². The first kappa shape index (κ1) is 14.5. The van der Waals surface area contributed by atoms with E-state index in [1.165, 1.54) is 10.6 Å². The maximum absolute atomic E-state index is 5.88. The van der Waals surface area contributed by atoms with Crippen LogP contribution in [0.1, 0.15) is 24.6 Å². The summed E-state index contributed by atoms with van der Waals surface area (Å²) in [4.78, 5) is 0. The van der Waals surface area contributed by atoms with E-state index in [2.05, 4.69) is 12.0 Å². The van der Waals surface area contributed by atoms with Gasteiger partial charge in [0.15, 0.2) is 0 Å². The Morgan fingerprint density at radius 1 is 1.53 bits per heavy atom. The molecule has 1 rings (SSSR count). The Hall–Kier alpha value is -0.520. The molecule has 5 heteroatoms. The molecule has 0 aliphatic heterocycles. The van der Waals surface area contributed by atoms with Crippen molar-refractivity contribution in [2.45, 2.75) is 37.8 Å². The zero-order chi connectivity index (χ0) is 12.8. The van der Waals surface area contributed by atoms with Gasteiger partial charge in [0.25, 0.3) is 0 Å². The molecule has 4 nitrogen and oxygen atoms in total. The van der Waals surface area contributed by atoms with Crippen LogP contribution in [0.25, 0.3) is 0 Å². The van der Waals surface area contributed by atoms with E-state index in [0.29, 0.717) is 0 Å². The molecule has 2 N–H and O–H groups in total. The molecule has 1 aromatic heterocycles. The highest BCUT2D eigenvalue weighted by Crippen LogP contribution is 2.26. The quantitative estimate of drug-likeness (QED) is 0.597. The van der Waals surface area contributed by atoms with E-state index in [1.54, 1.807) is 7.11 Å². The van der Waals surface area contributed by atoms with Crippen molar-refractivity contribution in [3.63, 3.8) is 0 Å². The number of aryl methyl sites for hydroxylation is 2. The van der Waals surface area contributed by atoms with E-state index in [0.717, 1.165) is 30.9 Å². The van der Waals surface area contributed by atoms with Crippen LogP contribution in [0.5, 0.6) is 0 Å². The maximum atomic E-state index is 5.88. The second kappa shape index (κ2) is 7.03. The molecule has 1 aromatic rings. The fourth-order valence-electron chi connectivity index (χ4n) is 1.79. The van der Waals surface area contributed by atoms with Gasteiger partial charge >= 0.3 is 0 Å². The molecule has 1 heterocycles. The Balaban J connectivity index is 2.68. The minimum absolute atomic E-state index is 0.177. The predicted octanol–water partition coefficient (Wildman–Crippen LogP) is 1.75. The van der Waals surface area contributed by atoms with Gasteiger partial charge in [-0.2, -0.15) is 5.10 Å². The van der Waals surface area contributed by atoms with Gasteiger partial charge < -0.3 is 10.5 Å². The molecule has 1 unspecified atom stereocenters. The summed E-state index contributed by atoms with van der Waals surface area (Å²) in [6.07, 6.45) is 1.95. The van der Waals surface area contributed by atoms with Crippen LogP contribution >= 0.6 is 11.8 Å². The van der Waals surface area contributed by atoms with E-state index in [1.807, 2.05) is 30.4 Å². The Morgan fingerprint density at radius 2 is 2.24 bits per heavy atom. The van der Waals surface area contributed by atoms with Crippen molar-refractivity contribution in [2.24, 2.45) is 12.8 Å². The second-order valence-electron chi connectivity index (χ2n) is 4.37. The summed E-state index contributed by atoms with van der Waals surface area (Å²) in [5, 5.41) is 5.72. The minimum Gasteiger partial charge on any atom is -0.385 e. The van der Waals surface area contributed by atoms with Crippen LogP contribution in [-0.4, -0.2) is 35.3 Å². The first-order valence-electron chi connectivity index (χ1n) is 5.96. The number of thioether (sulfide) groups is 1. The average molecular weight is 257 g/mol. The van der Waals surface area contributed by atoms with Crippen LogP contribution in [0.15, 0.2) is 5.03 Å². The van der Waals surface area contributed by atoms with Gasteiger partial charge in [0.05, 0.1) is 10.7 Å². The number of aromatic nitrogens is 2. The molecule has 98 valence electrons. The van der Waals surface area contributed by atoms with Gasteiger partial charge in [-0.1, -0.05) is 0 Å². The lowest BCUT2D eigenvalue weighted by atomic mass is 10.1. The first-order valence-corrected chi connectivity index (χ1v) is 6.94. The van der Waals surface area contributed by atoms with Gasteiger partial charge in [-0.3, -0.25) is 4.68 Å². The number of rotatable bonds is 7. The molecule has 0 amide bonds. The number of hydrogen-bond acceptors (Lipinski definition) is 4. The van der Waals surface area contributed by atoms with Crippen LogP contribution in [0.2, 0.25) is 0 Å². The van der Waals surface area contributed by atoms with Crippen molar-refractivity contribution < 1.29 is 4.74 Å². The summed E-state index contributed by atoms with van der Waals surface area (Å²) in [7, 11) is 3.73. The SMILES string of the molecule is COCCCSc1c(CC(C)N)c(C)nn1C. The molecule has 0 aliphatic rings. The maximum Gasteiger partial charge on any atom is 0.0971 e. The smallest absolute Gasteiger partial charge is 0.0971 e. The molecule has 17 heavy (non-hydrogen) atoms. The number of methoxy groups -OCH3 is 1. The third-order valence-corrected chi connectivity index (χ3v) is 3.82. The highest BCUT2D eigenvalue weighted by atomic mass is 32.2. The van der Waals surface area contributed by atoms with Crippen LogP contribution in [0.3, 0.4) is 0 Å². The van der Waals surface area contributed by atoms with Crippen molar-refractivity contribution in [1.29, 1.82) is 0 Å². The molecular weight excluding hydrogens is 234 g/mol. The second-order valence-corrected chi connectivity index (χ2v) is 5.45. The Morgan fingerprint density at radius 3 is 2.82 bits per heavy atom. The molecule has 1 atom stereocenters. The van der Waals surface area contributed by atoms with Crippen molar-refractivity contribution >= 4 is 11.8 Å². The largest absolute Gasteiger partial charge is 0.385 e. The predicted molar refractivity (Wildman–Crippen MR) is 72.5 cm³/mol. The first-order chi connectivity index (χ1) is 8.06. The van der Waals surface area contributed by atoms with Crippen LogP contribution < -0.4 is 5.73 Å². The highest BCUT2D eigenvalue weighted by molar-refractivity contribution is 7.99. The fraction of sp³-hybridized carbons (Fsp3) is 0.750. The van der Waals surface area contributed by atoms with Gasteiger partial charge in [-0.25, -0.2) is 0 Å². The molecule has 0 saturated heterocycles. The average Bonchev–Trinajstić information content (AvgIpc) is 2.50. The summed E-state index contributed by atoms with van der Waals surface area (Å²) >= 11 is 1.84. The summed E-state index contributed by atoms with van der Waals surface area (Å²) < 4.78 is 7.02. The topological polar surface area (TPSA) is 53.1 Å². The fourth-order valence-corrected chi connectivity index (χ4v) is 2.88. The Kier molecular flexibility index (Phi) is 6.02. The summed E-state index contributed by atoms with van der Waals surface area (Å²) in [5.74, 6) is 1.05. The number of hydrogen-bond donors (Lipinski definition) is 1. The van der Waals surface area contributed by atoms with Gasteiger partial charge in [-0.05, 0) is 26.7 Å². The summed E-state index contributed by atoms with van der Waals surface area (Å²) in [5.41, 5.74) is 8.27.